The van der Waals surface area contributed by atoms with Gasteiger partial charge in [0, 0.05) is 47.6 Å². The second kappa shape index (κ2) is 10.2. The number of rotatable bonds is 9. The van der Waals surface area contributed by atoms with E-state index in [0.29, 0.717) is 23.8 Å². The summed E-state index contributed by atoms with van der Waals surface area (Å²) < 4.78 is 7.37. The molecule has 0 bridgehead atoms. The molecule has 1 aromatic carbocycles. The minimum absolute atomic E-state index is 0.0698. The Morgan fingerprint density at radius 1 is 1.10 bits per heavy atom. The van der Waals surface area contributed by atoms with Gasteiger partial charge < -0.3 is 25.6 Å². The van der Waals surface area contributed by atoms with E-state index in [1.54, 1.807) is 17.4 Å². The van der Waals surface area contributed by atoms with Crippen LogP contribution in [0.15, 0.2) is 53.2 Å². The van der Waals surface area contributed by atoms with E-state index in [-0.39, 0.29) is 17.6 Å². The zero-order valence-electron chi connectivity index (χ0n) is 22.6. The lowest BCUT2D eigenvalue weighted by Gasteiger charge is -2.17. The maximum absolute atomic E-state index is 12.4. The van der Waals surface area contributed by atoms with Crippen LogP contribution in [0.3, 0.4) is 0 Å². The molecule has 12 heteroatoms. The second-order valence-electron chi connectivity index (χ2n) is 11.2. The summed E-state index contributed by atoms with van der Waals surface area (Å²) in [4.78, 5) is 23.8. The largest absolute Gasteiger partial charge is 0.395 e. The molecule has 1 saturated carbocycles. The van der Waals surface area contributed by atoms with Crippen LogP contribution in [0.4, 0.5) is 22.1 Å². The molecule has 6 rings (SSSR count). The fraction of sp³-hybridized carbons (Fsp3) is 0.357. The van der Waals surface area contributed by atoms with Crippen molar-refractivity contribution in [3.05, 3.63) is 54.4 Å². The molecule has 5 N–H and O–H groups in total. The molecule has 0 aliphatic heterocycles. The Labute approximate surface area is 235 Å². The van der Waals surface area contributed by atoms with Crippen molar-refractivity contribution in [2.75, 3.05) is 35.6 Å². The van der Waals surface area contributed by atoms with Gasteiger partial charge in [-0.2, -0.15) is 0 Å². The Bertz CT molecular complexity index is 1660. The Hall–Kier alpha value is -4.00. The van der Waals surface area contributed by atoms with Crippen LogP contribution < -0.4 is 21.3 Å². The van der Waals surface area contributed by atoms with Gasteiger partial charge in [-0.05, 0) is 37.1 Å². The number of urea groups is 1. The molecule has 2 amide bonds. The fourth-order valence-electron chi connectivity index (χ4n) is 4.46. The number of aliphatic hydroxyl groups excluding tert-OH is 1. The molecule has 1 fully saturated rings. The quantitative estimate of drug-likeness (QED) is 0.168. The molecular formula is C28H32N8O3S. The molecule has 4 heterocycles. The van der Waals surface area contributed by atoms with E-state index in [1.807, 2.05) is 57.3 Å². The molecular weight excluding hydrogens is 528 g/mol. The normalized spacial score (nSPS) is 14.5. The van der Waals surface area contributed by atoms with E-state index < -0.39 is 6.03 Å². The number of aliphatic hydroxyl groups is 1. The van der Waals surface area contributed by atoms with Gasteiger partial charge >= 0.3 is 6.03 Å². The number of carbonyl (C=O) groups excluding carboxylic acids is 1. The zero-order valence-corrected chi connectivity index (χ0v) is 23.4. The number of carbonyl (C=O) groups is 1. The lowest BCUT2D eigenvalue weighted by Crippen LogP contribution is -2.39. The van der Waals surface area contributed by atoms with Gasteiger partial charge in [0.1, 0.15) is 16.4 Å². The predicted octanol–water partition coefficient (Wildman–Crippen LogP) is 5.07. The van der Waals surface area contributed by atoms with Gasteiger partial charge in [-0.25, -0.2) is 14.8 Å². The topological polar surface area (TPSA) is 142 Å². The second-order valence-corrected chi connectivity index (χ2v) is 12.1. The average Bonchev–Trinajstić information content (AvgIpc) is 3.21. The first-order valence-corrected chi connectivity index (χ1v) is 14.1. The molecule has 0 saturated heterocycles. The molecule has 0 radical (unpaired) electrons. The summed E-state index contributed by atoms with van der Waals surface area (Å²) >= 11 is 1.54. The van der Waals surface area contributed by atoms with Crippen LogP contribution in [0, 0.1) is 0 Å². The third-order valence-corrected chi connectivity index (χ3v) is 7.93. The highest BCUT2D eigenvalue weighted by molar-refractivity contribution is 7.23. The Morgan fingerprint density at radius 2 is 1.90 bits per heavy atom. The molecule has 1 aliphatic carbocycles. The first kappa shape index (κ1) is 26.2. The fourth-order valence-corrected chi connectivity index (χ4v) is 5.44. The molecule has 1 aliphatic rings. The van der Waals surface area contributed by atoms with Crippen LogP contribution in [-0.4, -0.2) is 55.9 Å². The van der Waals surface area contributed by atoms with E-state index in [2.05, 4.69) is 36.9 Å². The van der Waals surface area contributed by atoms with E-state index >= 15 is 0 Å². The third kappa shape index (κ3) is 5.51. The van der Waals surface area contributed by atoms with Gasteiger partial charge in [-0.3, -0.25) is 9.72 Å². The van der Waals surface area contributed by atoms with E-state index in [4.69, 9.17) is 19.6 Å². The number of hydrogen-bond acceptors (Lipinski definition) is 9. The van der Waals surface area contributed by atoms with Gasteiger partial charge in [-0.1, -0.05) is 49.4 Å². The summed E-state index contributed by atoms with van der Waals surface area (Å²) in [6.45, 7) is 7.58. The average molecular weight is 561 g/mol. The van der Waals surface area contributed by atoms with Crippen LogP contribution in [0.5, 0.6) is 0 Å². The monoisotopic (exact) mass is 560 g/mol. The molecule has 208 valence electrons. The maximum Gasteiger partial charge on any atom is 0.324 e. The number of pyridine rings is 1. The summed E-state index contributed by atoms with van der Waals surface area (Å²) in [5.41, 5.74) is 3.31. The number of anilines is 3. The van der Waals surface area contributed by atoms with Crippen molar-refractivity contribution in [1.82, 2.24) is 24.8 Å². The maximum atomic E-state index is 12.4. The van der Waals surface area contributed by atoms with Gasteiger partial charge in [0.25, 0.3) is 0 Å². The minimum atomic E-state index is -0.398. The molecule has 5 aromatic rings. The van der Waals surface area contributed by atoms with E-state index in [9.17, 15) is 4.79 Å². The van der Waals surface area contributed by atoms with Crippen LogP contribution in [0.1, 0.15) is 39.4 Å². The Morgan fingerprint density at radius 3 is 2.60 bits per heavy atom. The van der Waals surface area contributed by atoms with Gasteiger partial charge in [0.15, 0.2) is 10.8 Å². The van der Waals surface area contributed by atoms with Crippen molar-refractivity contribution >= 4 is 50.0 Å². The van der Waals surface area contributed by atoms with Crippen molar-refractivity contribution in [3.63, 3.8) is 0 Å². The number of nitrogens with zero attached hydrogens (tertiary/aromatic N) is 4. The molecule has 40 heavy (non-hydrogen) atoms. The van der Waals surface area contributed by atoms with Crippen molar-refractivity contribution in [2.24, 2.45) is 0 Å². The van der Waals surface area contributed by atoms with Crippen molar-refractivity contribution in [2.45, 2.75) is 44.6 Å². The number of hydrogen-bond donors (Lipinski definition) is 5. The zero-order chi connectivity index (χ0) is 27.9. The third-order valence-electron chi connectivity index (χ3n) is 6.96. The highest BCUT2D eigenvalue weighted by Gasteiger charge is 2.41. The smallest absolute Gasteiger partial charge is 0.324 e. The number of imidazole rings is 1. The first-order chi connectivity index (χ1) is 19.2. The number of benzene rings is 1. The Kier molecular flexibility index (Phi) is 6.69. The summed E-state index contributed by atoms with van der Waals surface area (Å²) in [6, 6.07) is 12.9. The first-order valence-electron chi connectivity index (χ1n) is 13.3. The lowest BCUT2D eigenvalue weighted by molar-refractivity contribution is 0.262. The summed E-state index contributed by atoms with van der Waals surface area (Å²) in [5.74, 6) is 1.89. The van der Waals surface area contributed by atoms with Crippen LogP contribution in [-0.2, 0) is 5.41 Å². The molecule has 4 aromatic heterocycles. The minimum Gasteiger partial charge on any atom is -0.395 e. The SMILES string of the molecule is CC(C)(C)c1cc(NC(=O)Nc2ccc(-c3cn4c(n3)sc3nc(NCC5(NCCO)CC5)ccc34)cc2)no1. The van der Waals surface area contributed by atoms with Crippen molar-refractivity contribution in [3.8, 4) is 11.3 Å². The van der Waals surface area contributed by atoms with E-state index in [1.165, 1.54) is 0 Å². The van der Waals surface area contributed by atoms with Gasteiger partial charge in [0.05, 0.1) is 17.8 Å². The number of aromatic nitrogens is 4. The molecule has 0 unspecified atom stereocenters. The lowest BCUT2D eigenvalue weighted by atomic mass is 9.93. The van der Waals surface area contributed by atoms with Crippen molar-refractivity contribution in [1.29, 1.82) is 0 Å². The molecule has 0 atom stereocenters. The number of amides is 2. The predicted molar refractivity (Wildman–Crippen MR) is 157 cm³/mol. The number of β-amino-alcohol motifs (C(OH)–C–C–N with tert-alkyl or cyclic N) is 1. The summed E-state index contributed by atoms with van der Waals surface area (Å²) in [7, 11) is 0. The van der Waals surface area contributed by atoms with Crippen LogP contribution in [0.25, 0.3) is 26.6 Å². The van der Waals surface area contributed by atoms with Gasteiger partial charge in [-0.15, -0.1) is 0 Å². The highest BCUT2D eigenvalue weighted by Crippen LogP contribution is 2.36. The number of nitrogens with one attached hydrogen (secondary N) is 4. The van der Waals surface area contributed by atoms with Crippen LogP contribution in [0.2, 0.25) is 0 Å². The standard InChI is InChI=1S/C28H32N8O3S/c1-27(2,3)21-14-23(35-39-21)34-25(38)31-18-6-4-17(5-7-18)19-15-36-20-8-9-22(33-24(20)40-26(36)32-19)29-16-28(10-11-28)30-12-13-37/h4-9,14-15,30,37H,10-13,16H2,1-3H3,(H,29,33)(H2,31,34,35,38). The van der Waals surface area contributed by atoms with Crippen LogP contribution >= 0.6 is 11.3 Å². The molecule has 11 nitrogen and oxygen atoms in total. The van der Waals surface area contributed by atoms with Crippen molar-refractivity contribution < 1.29 is 14.4 Å². The Balaban J connectivity index is 1.10. The number of thiazole rings is 1. The number of fused-ring (bicyclic) bond motifs is 3. The van der Waals surface area contributed by atoms with Gasteiger partial charge in [0.2, 0.25) is 0 Å². The van der Waals surface area contributed by atoms with E-state index in [0.717, 1.165) is 51.8 Å². The summed E-state index contributed by atoms with van der Waals surface area (Å²) in [5, 5.41) is 25.4. The highest BCUT2D eigenvalue weighted by atomic mass is 32.1. The molecule has 0 spiro atoms. The summed E-state index contributed by atoms with van der Waals surface area (Å²) in [6.07, 6.45) is 4.21.